The molecule has 2 heterocycles. The van der Waals surface area contributed by atoms with Crippen LogP contribution in [-0.2, 0) is 4.74 Å². The van der Waals surface area contributed by atoms with E-state index in [0.717, 1.165) is 6.42 Å². The lowest BCUT2D eigenvalue weighted by atomic mass is 10.1. The van der Waals surface area contributed by atoms with E-state index in [-0.39, 0.29) is 11.9 Å². The largest absolute Gasteiger partial charge is 0.393 e. The Kier molecular flexibility index (Phi) is 7.91. The summed E-state index contributed by atoms with van der Waals surface area (Å²) in [6.45, 7) is 5.73. The van der Waals surface area contributed by atoms with Gasteiger partial charge in [0, 0.05) is 6.21 Å². The number of aliphatic imine (C=N–C) groups is 1. The molecular weight excluding hydrogens is 350 g/mol. The first-order valence-electron chi connectivity index (χ1n) is 9.44. The topological polar surface area (TPSA) is 146 Å². The minimum Gasteiger partial charge on any atom is -0.393 e. The molecule has 0 bridgehead atoms. The van der Waals surface area contributed by atoms with Gasteiger partial charge < -0.3 is 31.1 Å². The molecule has 0 unspecified atom stereocenters. The highest BCUT2D eigenvalue weighted by atomic mass is 16.6. The van der Waals surface area contributed by atoms with Gasteiger partial charge in [0.2, 0.25) is 0 Å². The van der Waals surface area contributed by atoms with E-state index in [9.17, 15) is 10.2 Å². The van der Waals surface area contributed by atoms with E-state index in [0.29, 0.717) is 23.8 Å². The summed E-state index contributed by atoms with van der Waals surface area (Å²) >= 11 is 0. The minimum atomic E-state index is -1.05. The summed E-state index contributed by atoms with van der Waals surface area (Å²) in [4.78, 5) is 12.0. The van der Waals surface area contributed by atoms with Gasteiger partial charge in [0.05, 0.1) is 12.2 Å². The maximum Gasteiger partial charge on any atom is 0.159 e. The van der Waals surface area contributed by atoms with Crippen molar-refractivity contribution in [3.05, 3.63) is 6.33 Å². The van der Waals surface area contributed by atoms with Crippen LogP contribution < -0.4 is 11.1 Å². The third-order valence-corrected chi connectivity index (χ3v) is 4.97. The first-order valence-corrected chi connectivity index (χ1v) is 9.44. The summed E-state index contributed by atoms with van der Waals surface area (Å²) in [5.41, 5.74) is 6.11. The smallest absolute Gasteiger partial charge is 0.159 e. The molecule has 1 saturated heterocycles. The predicted molar refractivity (Wildman–Crippen MR) is 104 cm³/mol. The average molecular weight is 381 g/mol. The molecule has 6 atom stereocenters. The van der Waals surface area contributed by atoms with Gasteiger partial charge in [-0.15, -0.1) is 0 Å². The Morgan fingerprint density at radius 2 is 2.04 bits per heavy atom. The molecule has 1 aliphatic heterocycles. The van der Waals surface area contributed by atoms with Crippen LogP contribution in [0.2, 0.25) is 0 Å². The van der Waals surface area contributed by atoms with Gasteiger partial charge in [-0.05, 0) is 32.1 Å². The number of nitrogens with two attached hydrogens (primary N) is 1. The molecular formula is C18H31N5O4. The van der Waals surface area contributed by atoms with Gasteiger partial charge in [0.25, 0.3) is 0 Å². The van der Waals surface area contributed by atoms with E-state index < -0.39 is 24.5 Å². The van der Waals surface area contributed by atoms with E-state index in [1.165, 1.54) is 19.2 Å². The Hall–Kier alpha value is -1.81. The van der Waals surface area contributed by atoms with Crippen molar-refractivity contribution in [1.29, 1.82) is 0 Å². The molecule has 2 fully saturated rings. The van der Waals surface area contributed by atoms with Gasteiger partial charge in [-0.25, -0.2) is 9.97 Å². The Labute approximate surface area is 159 Å². The van der Waals surface area contributed by atoms with Crippen LogP contribution in [0.15, 0.2) is 11.3 Å². The van der Waals surface area contributed by atoms with Crippen LogP contribution in [0.3, 0.4) is 0 Å². The molecule has 0 spiro atoms. The Morgan fingerprint density at radius 3 is 2.52 bits per heavy atom. The molecule has 2 aliphatic rings. The number of hydrogen-bond acceptors (Lipinski definition) is 9. The van der Waals surface area contributed by atoms with Gasteiger partial charge >= 0.3 is 0 Å². The van der Waals surface area contributed by atoms with Crippen LogP contribution in [-0.4, -0.2) is 62.1 Å². The molecule has 9 heteroatoms. The van der Waals surface area contributed by atoms with E-state index in [1.807, 2.05) is 6.92 Å². The lowest BCUT2D eigenvalue weighted by Crippen LogP contribution is -2.36. The zero-order chi connectivity index (χ0) is 20.0. The maximum absolute atomic E-state index is 9.96. The predicted octanol–water partition coefficient (Wildman–Crippen LogP) is 1.22. The number of nitrogens with one attached hydrogen (secondary N) is 1. The standard InChI is InChI=1S/C12H19N5O3.C6H12O/c1-3-6-8(18)9(19)12(20-6)17-11-7(14-4-2)10(13)15-5-16-11;1-5-3-2-4-6(5)7/h4-6,8-9,12,18-19H,3H2,1-2H3,(H3,13,15,16,17);5-7H,2-4H2,1H3/t6-,8-,9-,12-;5-,6-/m11/s1. The fraction of sp³-hybridized carbons (Fsp3) is 0.722. The van der Waals surface area contributed by atoms with E-state index >= 15 is 0 Å². The SMILES string of the molecule is CC=Nc1c(N)ncnc1N[C@@H]1O[C@H](CC)[C@@H](O)[C@H]1O.C[C@@H]1CCC[C@H]1O. The summed E-state index contributed by atoms with van der Waals surface area (Å²) in [6, 6.07) is 0. The molecule has 1 aromatic heterocycles. The second-order valence-corrected chi connectivity index (χ2v) is 6.95. The highest BCUT2D eigenvalue weighted by molar-refractivity contribution is 5.76. The van der Waals surface area contributed by atoms with Gasteiger partial charge in [-0.3, -0.25) is 4.99 Å². The summed E-state index contributed by atoms with van der Waals surface area (Å²) in [7, 11) is 0. The number of nitrogen functional groups attached to an aromatic ring is 1. The summed E-state index contributed by atoms with van der Waals surface area (Å²) in [6.07, 6.45) is 3.78. The fourth-order valence-corrected chi connectivity index (χ4v) is 3.22. The second kappa shape index (κ2) is 9.93. The monoisotopic (exact) mass is 381 g/mol. The van der Waals surface area contributed by atoms with Crippen molar-refractivity contribution in [2.24, 2.45) is 10.9 Å². The molecule has 9 nitrogen and oxygen atoms in total. The van der Waals surface area contributed by atoms with Crippen LogP contribution in [0.25, 0.3) is 0 Å². The first-order chi connectivity index (χ1) is 12.9. The van der Waals surface area contributed by atoms with Gasteiger partial charge in [0.1, 0.15) is 24.2 Å². The molecule has 6 N–H and O–H groups in total. The van der Waals surface area contributed by atoms with Crippen molar-refractivity contribution in [2.75, 3.05) is 11.1 Å². The number of anilines is 2. The average Bonchev–Trinajstić information content (AvgIpc) is 3.15. The summed E-state index contributed by atoms with van der Waals surface area (Å²) < 4.78 is 5.55. The molecule has 1 aliphatic carbocycles. The number of aromatic nitrogens is 2. The third kappa shape index (κ3) is 5.35. The number of ether oxygens (including phenoxy) is 1. The molecule has 1 saturated carbocycles. The van der Waals surface area contributed by atoms with Crippen molar-refractivity contribution < 1.29 is 20.1 Å². The molecule has 0 aromatic carbocycles. The summed E-state index contributed by atoms with van der Waals surface area (Å²) in [5, 5.41) is 31.7. The van der Waals surface area contributed by atoms with Crippen LogP contribution in [0.5, 0.6) is 0 Å². The molecule has 27 heavy (non-hydrogen) atoms. The van der Waals surface area contributed by atoms with Gasteiger partial charge in [0.15, 0.2) is 17.9 Å². The van der Waals surface area contributed by atoms with Crippen LogP contribution >= 0.6 is 0 Å². The van der Waals surface area contributed by atoms with Crippen molar-refractivity contribution in [1.82, 2.24) is 9.97 Å². The molecule has 3 rings (SSSR count). The number of nitrogens with zero attached hydrogens (tertiary/aromatic N) is 3. The van der Waals surface area contributed by atoms with Crippen LogP contribution in [0, 0.1) is 5.92 Å². The van der Waals surface area contributed by atoms with E-state index in [1.54, 1.807) is 13.1 Å². The minimum absolute atomic E-state index is 0.0139. The zero-order valence-corrected chi connectivity index (χ0v) is 16.1. The van der Waals surface area contributed by atoms with Crippen molar-refractivity contribution in [3.8, 4) is 0 Å². The van der Waals surface area contributed by atoms with Crippen molar-refractivity contribution in [2.45, 2.75) is 77.1 Å². The Bertz CT molecular complexity index is 622. The van der Waals surface area contributed by atoms with Crippen LogP contribution in [0.4, 0.5) is 17.3 Å². The number of rotatable bonds is 4. The highest BCUT2D eigenvalue weighted by Crippen LogP contribution is 2.31. The number of aliphatic hydroxyl groups is 3. The van der Waals surface area contributed by atoms with Crippen molar-refractivity contribution in [3.63, 3.8) is 0 Å². The van der Waals surface area contributed by atoms with Gasteiger partial charge in [-0.2, -0.15) is 0 Å². The molecule has 152 valence electrons. The lowest BCUT2D eigenvalue weighted by molar-refractivity contribution is 0.0167. The molecule has 1 aromatic rings. The highest BCUT2D eigenvalue weighted by Gasteiger charge is 2.42. The zero-order valence-electron chi connectivity index (χ0n) is 16.1. The molecule has 0 radical (unpaired) electrons. The van der Waals surface area contributed by atoms with Crippen molar-refractivity contribution >= 4 is 23.5 Å². The van der Waals surface area contributed by atoms with E-state index in [4.69, 9.17) is 15.6 Å². The Morgan fingerprint density at radius 1 is 1.30 bits per heavy atom. The fourth-order valence-electron chi connectivity index (χ4n) is 3.22. The normalized spacial score (nSPS) is 33.1. The first kappa shape index (κ1) is 21.5. The lowest BCUT2D eigenvalue weighted by Gasteiger charge is -2.18. The third-order valence-electron chi connectivity index (χ3n) is 4.97. The van der Waals surface area contributed by atoms with E-state index in [2.05, 4.69) is 27.2 Å². The number of aliphatic hydroxyl groups excluding tert-OH is 3. The summed E-state index contributed by atoms with van der Waals surface area (Å²) in [5.74, 6) is 1.14. The maximum atomic E-state index is 9.96. The van der Waals surface area contributed by atoms with Crippen LogP contribution in [0.1, 0.15) is 46.5 Å². The quantitative estimate of drug-likeness (QED) is 0.489. The number of hydrogen-bond donors (Lipinski definition) is 5. The second-order valence-electron chi connectivity index (χ2n) is 6.95. The Balaban J connectivity index is 0.000000313. The van der Waals surface area contributed by atoms with Gasteiger partial charge in [-0.1, -0.05) is 20.3 Å². The molecule has 0 amide bonds.